The van der Waals surface area contributed by atoms with Crippen LogP contribution in [0.25, 0.3) is 0 Å². The number of benzene rings is 2. The molecule has 1 fully saturated rings. The van der Waals surface area contributed by atoms with Crippen molar-refractivity contribution in [1.82, 2.24) is 10.6 Å². The van der Waals surface area contributed by atoms with Gasteiger partial charge in [0.25, 0.3) is 5.91 Å². The Balaban J connectivity index is 1.43. The summed E-state index contributed by atoms with van der Waals surface area (Å²) >= 11 is 6.07. The summed E-state index contributed by atoms with van der Waals surface area (Å²) in [5.74, 6) is -0.186. The molecule has 2 aromatic rings. The van der Waals surface area contributed by atoms with E-state index in [2.05, 4.69) is 16.0 Å². The molecule has 0 spiro atoms. The molecule has 0 aliphatic heterocycles. The number of amides is 3. The normalized spacial score (nSPS) is 12.9. The first-order valence-corrected chi connectivity index (χ1v) is 9.60. The average molecular weight is 400 g/mol. The Labute approximate surface area is 168 Å². The highest BCUT2D eigenvalue weighted by Gasteiger charge is 2.28. The minimum atomic E-state index is -0.227. The van der Waals surface area contributed by atoms with Crippen molar-refractivity contribution in [3.8, 4) is 0 Å². The van der Waals surface area contributed by atoms with Crippen molar-refractivity contribution in [2.45, 2.75) is 19.3 Å². The lowest BCUT2D eigenvalue weighted by Crippen LogP contribution is -2.35. The van der Waals surface area contributed by atoms with E-state index in [1.165, 1.54) is 0 Å². The molecule has 1 aliphatic rings. The fourth-order valence-electron chi connectivity index (χ4n) is 2.68. The molecular weight excluding hydrogens is 378 g/mol. The monoisotopic (exact) mass is 399 g/mol. The zero-order valence-electron chi connectivity index (χ0n) is 15.3. The van der Waals surface area contributed by atoms with Gasteiger partial charge in [-0.2, -0.15) is 0 Å². The second-order valence-corrected chi connectivity index (χ2v) is 7.12. The van der Waals surface area contributed by atoms with E-state index in [4.69, 9.17) is 11.6 Å². The Morgan fingerprint density at radius 3 is 2.29 bits per heavy atom. The van der Waals surface area contributed by atoms with E-state index < -0.39 is 0 Å². The third-order valence-corrected chi connectivity index (χ3v) is 4.77. The standard InChI is InChI=1S/C21H22ClN3O3/c22-18-4-2-1-3-16(18)13-19(26)25-17-9-7-15(8-10-17)21(28)24-12-11-23-20(27)14-5-6-14/h1-4,7-10,14H,5-6,11-13H2,(H,23,27)(H,24,28)(H,25,26). The van der Waals surface area contributed by atoms with Crippen LogP contribution in [0.4, 0.5) is 5.69 Å². The van der Waals surface area contributed by atoms with Gasteiger partial charge in [0.05, 0.1) is 6.42 Å². The minimum Gasteiger partial charge on any atom is -0.354 e. The quantitative estimate of drug-likeness (QED) is 0.596. The van der Waals surface area contributed by atoms with Crippen LogP contribution in [0, 0.1) is 5.92 Å². The summed E-state index contributed by atoms with van der Waals surface area (Å²) in [4.78, 5) is 35.8. The predicted molar refractivity (Wildman–Crippen MR) is 108 cm³/mol. The van der Waals surface area contributed by atoms with Gasteiger partial charge in [-0.05, 0) is 48.7 Å². The molecule has 0 heterocycles. The number of hydrogen-bond acceptors (Lipinski definition) is 3. The number of carbonyl (C=O) groups is 3. The zero-order valence-corrected chi connectivity index (χ0v) is 16.1. The van der Waals surface area contributed by atoms with E-state index in [0.717, 1.165) is 18.4 Å². The summed E-state index contributed by atoms with van der Waals surface area (Å²) in [6, 6.07) is 13.8. The molecule has 146 valence electrons. The highest BCUT2D eigenvalue weighted by molar-refractivity contribution is 6.31. The molecule has 7 heteroatoms. The van der Waals surface area contributed by atoms with Gasteiger partial charge in [0.1, 0.15) is 0 Å². The third-order valence-electron chi connectivity index (χ3n) is 4.40. The summed E-state index contributed by atoms with van der Waals surface area (Å²) < 4.78 is 0. The van der Waals surface area contributed by atoms with Crippen LogP contribution in [0.1, 0.15) is 28.8 Å². The van der Waals surface area contributed by atoms with Gasteiger partial charge in [0, 0.05) is 35.3 Å². The summed E-state index contributed by atoms with van der Waals surface area (Å²) in [6.07, 6.45) is 2.09. The van der Waals surface area contributed by atoms with Crippen LogP contribution < -0.4 is 16.0 Å². The molecule has 28 heavy (non-hydrogen) atoms. The fourth-order valence-corrected chi connectivity index (χ4v) is 2.88. The molecule has 0 atom stereocenters. The SMILES string of the molecule is O=C(Cc1ccccc1Cl)Nc1ccc(C(=O)NCCNC(=O)C2CC2)cc1. The van der Waals surface area contributed by atoms with Crippen LogP contribution in [0.3, 0.4) is 0 Å². The maximum Gasteiger partial charge on any atom is 0.251 e. The minimum absolute atomic E-state index is 0.0612. The zero-order chi connectivity index (χ0) is 19.9. The average Bonchev–Trinajstić information content (AvgIpc) is 3.52. The molecule has 6 nitrogen and oxygen atoms in total. The van der Waals surface area contributed by atoms with Gasteiger partial charge in [-0.15, -0.1) is 0 Å². The van der Waals surface area contributed by atoms with Crippen molar-refractivity contribution < 1.29 is 14.4 Å². The number of anilines is 1. The molecule has 3 rings (SSSR count). The molecule has 0 bridgehead atoms. The lowest BCUT2D eigenvalue weighted by molar-refractivity contribution is -0.122. The molecule has 0 unspecified atom stereocenters. The Bertz CT molecular complexity index is 863. The molecule has 0 radical (unpaired) electrons. The Morgan fingerprint density at radius 1 is 0.929 bits per heavy atom. The van der Waals surface area contributed by atoms with Crippen molar-refractivity contribution in [3.05, 3.63) is 64.7 Å². The number of hydrogen-bond donors (Lipinski definition) is 3. The van der Waals surface area contributed by atoms with Gasteiger partial charge in [-0.25, -0.2) is 0 Å². The maximum atomic E-state index is 12.2. The van der Waals surface area contributed by atoms with Crippen LogP contribution in [-0.2, 0) is 16.0 Å². The lowest BCUT2D eigenvalue weighted by atomic mass is 10.1. The van der Waals surface area contributed by atoms with Crippen LogP contribution >= 0.6 is 11.6 Å². The van der Waals surface area contributed by atoms with E-state index in [-0.39, 0.29) is 30.1 Å². The highest BCUT2D eigenvalue weighted by Crippen LogP contribution is 2.28. The van der Waals surface area contributed by atoms with Crippen molar-refractivity contribution in [1.29, 1.82) is 0 Å². The molecule has 1 saturated carbocycles. The maximum absolute atomic E-state index is 12.2. The lowest BCUT2D eigenvalue weighted by Gasteiger charge is -2.09. The molecule has 3 amide bonds. The Morgan fingerprint density at radius 2 is 1.61 bits per heavy atom. The van der Waals surface area contributed by atoms with Crippen LogP contribution in [-0.4, -0.2) is 30.8 Å². The second-order valence-electron chi connectivity index (χ2n) is 6.71. The van der Waals surface area contributed by atoms with Gasteiger partial charge in [-0.1, -0.05) is 29.8 Å². The van der Waals surface area contributed by atoms with Gasteiger partial charge in [0.2, 0.25) is 11.8 Å². The van der Waals surface area contributed by atoms with E-state index >= 15 is 0 Å². The molecule has 2 aromatic carbocycles. The summed E-state index contributed by atoms with van der Waals surface area (Å²) in [5, 5.41) is 8.89. The van der Waals surface area contributed by atoms with E-state index in [1.54, 1.807) is 30.3 Å². The number of rotatable bonds is 8. The summed E-state index contributed by atoms with van der Waals surface area (Å²) in [5.41, 5.74) is 1.84. The van der Waals surface area contributed by atoms with Gasteiger partial charge in [0.15, 0.2) is 0 Å². The van der Waals surface area contributed by atoms with Crippen molar-refractivity contribution in [2.75, 3.05) is 18.4 Å². The summed E-state index contributed by atoms with van der Waals surface area (Å²) in [6.45, 7) is 0.783. The fraction of sp³-hybridized carbons (Fsp3) is 0.286. The van der Waals surface area contributed by atoms with Gasteiger partial charge in [-0.3, -0.25) is 14.4 Å². The number of carbonyl (C=O) groups excluding carboxylic acids is 3. The third kappa shape index (κ3) is 5.82. The highest BCUT2D eigenvalue weighted by atomic mass is 35.5. The second kappa shape index (κ2) is 9.37. The van der Waals surface area contributed by atoms with Crippen LogP contribution in [0.15, 0.2) is 48.5 Å². The van der Waals surface area contributed by atoms with E-state index in [1.807, 2.05) is 18.2 Å². The predicted octanol–water partition coefficient (Wildman–Crippen LogP) is 2.78. The Hall–Kier alpha value is -2.86. The molecule has 0 saturated heterocycles. The topological polar surface area (TPSA) is 87.3 Å². The Kier molecular flexibility index (Phi) is 6.66. The van der Waals surface area contributed by atoms with Gasteiger partial charge >= 0.3 is 0 Å². The largest absolute Gasteiger partial charge is 0.354 e. The number of halogens is 1. The molecular formula is C21H22ClN3O3. The smallest absolute Gasteiger partial charge is 0.251 e. The van der Waals surface area contributed by atoms with Crippen molar-refractivity contribution >= 4 is 35.0 Å². The molecule has 0 aromatic heterocycles. The molecule has 3 N–H and O–H groups in total. The van der Waals surface area contributed by atoms with E-state index in [9.17, 15) is 14.4 Å². The van der Waals surface area contributed by atoms with Crippen molar-refractivity contribution in [2.24, 2.45) is 5.92 Å². The van der Waals surface area contributed by atoms with Crippen LogP contribution in [0.5, 0.6) is 0 Å². The van der Waals surface area contributed by atoms with Crippen LogP contribution in [0.2, 0.25) is 5.02 Å². The first-order chi connectivity index (χ1) is 13.5. The first kappa shape index (κ1) is 19.9. The number of nitrogens with one attached hydrogen (secondary N) is 3. The van der Waals surface area contributed by atoms with Crippen molar-refractivity contribution in [3.63, 3.8) is 0 Å². The molecule has 1 aliphatic carbocycles. The summed E-state index contributed by atoms with van der Waals surface area (Å²) in [7, 11) is 0. The first-order valence-electron chi connectivity index (χ1n) is 9.22. The van der Waals surface area contributed by atoms with E-state index in [0.29, 0.717) is 29.4 Å². The van der Waals surface area contributed by atoms with Gasteiger partial charge < -0.3 is 16.0 Å².